The van der Waals surface area contributed by atoms with Crippen LogP contribution in [-0.4, -0.2) is 34.7 Å². The fourth-order valence-electron chi connectivity index (χ4n) is 4.13. The third-order valence-electron chi connectivity index (χ3n) is 5.84. The van der Waals surface area contributed by atoms with E-state index in [4.69, 9.17) is 10.5 Å². The predicted octanol–water partition coefficient (Wildman–Crippen LogP) is 5.21. The highest BCUT2D eigenvalue weighted by Gasteiger charge is 2.17. The highest BCUT2D eigenvalue weighted by molar-refractivity contribution is 7.18. The first-order valence-electron chi connectivity index (χ1n) is 10.9. The number of anilines is 2. The fraction of sp³-hybridized carbons (Fsp3) is 0.154. The van der Waals surface area contributed by atoms with Gasteiger partial charge in [0.05, 0.1) is 12.8 Å². The molecule has 8 heteroatoms. The Morgan fingerprint density at radius 1 is 1.24 bits per heavy atom. The van der Waals surface area contributed by atoms with Crippen molar-refractivity contribution in [1.82, 2.24) is 9.97 Å². The van der Waals surface area contributed by atoms with Crippen LogP contribution in [0.3, 0.4) is 0 Å². The number of benzene rings is 2. The number of rotatable bonds is 7. The number of amides is 1. The lowest BCUT2D eigenvalue weighted by Crippen LogP contribution is -2.13. The van der Waals surface area contributed by atoms with Crippen LogP contribution in [0.5, 0.6) is 5.75 Å². The summed E-state index contributed by atoms with van der Waals surface area (Å²) in [5, 5.41) is 16.1. The Bertz CT molecular complexity index is 1470. The van der Waals surface area contributed by atoms with E-state index in [9.17, 15) is 9.90 Å². The van der Waals surface area contributed by atoms with Crippen LogP contribution in [0, 0.1) is 0 Å². The van der Waals surface area contributed by atoms with E-state index in [-0.39, 0.29) is 12.5 Å². The van der Waals surface area contributed by atoms with E-state index in [0.29, 0.717) is 29.4 Å². The summed E-state index contributed by atoms with van der Waals surface area (Å²) in [4.78, 5) is 20.4. The van der Waals surface area contributed by atoms with Crippen LogP contribution >= 0.6 is 11.3 Å². The van der Waals surface area contributed by atoms with Crippen molar-refractivity contribution in [2.24, 2.45) is 0 Å². The van der Waals surface area contributed by atoms with Crippen molar-refractivity contribution < 1.29 is 14.6 Å². The molecule has 3 aromatic heterocycles. The van der Waals surface area contributed by atoms with Crippen LogP contribution < -0.4 is 15.8 Å². The van der Waals surface area contributed by atoms with E-state index in [0.717, 1.165) is 44.1 Å². The lowest BCUT2D eigenvalue weighted by molar-refractivity contribution is 0.102. The molecule has 0 atom stereocenters. The van der Waals surface area contributed by atoms with Gasteiger partial charge in [-0.3, -0.25) is 4.79 Å². The summed E-state index contributed by atoms with van der Waals surface area (Å²) >= 11 is 1.61. The van der Waals surface area contributed by atoms with Crippen molar-refractivity contribution in [3.8, 4) is 16.9 Å². The molecule has 0 spiro atoms. The quantitative estimate of drug-likeness (QED) is 0.260. The molecule has 7 nitrogen and oxygen atoms in total. The molecule has 0 radical (unpaired) electrons. The number of carbonyl (C=O) groups excluding carboxylic acids is 1. The molecular formula is C26H24N4O3S. The average Bonchev–Trinajstić information content (AvgIpc) is 3.49. The largest absolute Gasteiger partial charge is 0.495 e. The maximum atomic E-state index is 12.9. The molecule has 34 heavy (non-hydrogen) atoms. The molecule has 0 aliphatic carbocycles. The normalized spacial score (nSPS) is 11.2. The third kappa shape index (κ3) is 3.98. The molecule has 3 heterocycles. The van der Waals surface area contributed by atoms with Gasteiger partial charge in [0, 0.05) is 39.4 Å². The van der Waals surface area contributed by atoms with Gasteiger partial charge < -0.3 is 25.9 Å². The summed E-state index contributed by atoms with van der Waals surface area (Å²) in [6, 6.07) is 15.2. The highest BCUT2D eigenvalue weighted by atomic mass is 32.1. The Kier molecular flexibility index (Phi) is 5.91. The van der Waals surface area contributed by atoms with Crippen LogP contribution in [0.2, 0.25) is 0 Å². The van der Waals surface area contributed by atoms with Crippen molar-refractivity contribution in [2.75, 3.05) is 24.8 Å². The number of nitrogens with one attached hydrogen (secondary N) is 2. The number of hydrogen-bond donors (Lipinski definition) is 4. The zero-order valence-corrected chi connectivity index (χ0v) is 19.4. The van der Waals surface area contributed by atoms with Gasteiger partial charge in [-0.2, -0.15) is 0 Å². The lowest BCUT2D eigenvalue weighted by atomic mass is 10.0. The number of aromatic nitrogens is 2. The van der Waals surface area contributed by atoms with Gasteiger partial charge >= 0.3 is 0 Å². The van der Waals surface area contributed by atoms with Crippen molar-refractivity contribution in [1.29, 1.82) is 0 Å². The summed E-state index contributed by atoms with van der Waals surface area (Å²) < 4.78 is 6.68. The molecule has 5 aromatic rings. The van der Waals surface area contributed by atoms with E-state index < -0.39 is 0 Å². The molecule has 2 aromatic carbocycles. The Morgan fingerprint density at radius 3 is 2.88 bits per heavy atom. The van der Waals surface area contributed by atoms with Gasteiger partial charge in [-0.05, 0) is 53.6 Å². The number of fused-ring (bicyclic) bond motifs is 2. The van der Waals surface area contributed by atoms with Crippen LogP contribution in [-0.2, 0) is 6.42 Å². The molecule has 0 aliphatic heterocycles. The summed E-state index contributed by atoms with van der Waals surface area (Å²) in [7, 11) is 1.58. The van der Waals surface area contributed by atoms with Gasteiger partial charge in [0.1, 0.15) is 17.3 Å². The standard InChI is InChI=1S/C26H24N4O3S/c1-33-22-12-15(18-14-34-24-17(6-4-10-31)13-28-25(27)23(18)24)8-9-20(22)30-26(32)21-11-16-5-2-3-7-19(16)29-21/h2-3,5,7-9,11-14,29,31H,4,6,10H2,1H3,(H2,27,28)(H,30,32). The van der Waals surface area contributed by atoms with Gasteiger partial charge in [-0.15, -0.1) is 11.3 Å². The summed E-state index contributed by atoms with van der Waals surface area (Å²) in [5.41, 5.74) is 11.2. The lowest BCUT2D eigenvalue weighted by Gasteiger charge is -2.12. The highest BCUT2D eigenvalue weighted by Crippen LogP contribution is 2.41. The number of aromatic amines is 1. The minimum absolute atomic E-state index is 0.132. The molecule has 172 valence electrons. The summed E-state index contributed by atoms with van der Waals surface area (Å²) in [5.74, 6) is 0.767. The van der Waals surface area contributed by atoms with Crippen molar-refractivity contribution in [3.05, 3.63) is 71.4 Å². The number of aliphatic hydroxyl groups is 1. The molecule has 5 N–H and O–H groups in total. The molecular weight excluding hydrogens is 448 g/mol. The van der Waals surface area contributed by atoms with Gasteiger partial charge in [-0.25, -0.2) is 4.98 Å². The smallest absolute Gasteiger partial charge is 0.272 e. The monoisotopic (exact) mass is 472 g/mol. The first-order valence-corrected chi connectivity index (χ1v) is 11.8. The number of nitrogens with zero attached hydrogens (tertiary/aromatic N) is 1. The average molecular weight is 473 g/mol. The number of thiophene rings is 1. The van der Waals surface area contributed by atoms with Gasteiger partial charge in [0.15, 0.2) is 0 Å². The Hall–Kier alpha value is -3.88. The van der Waals surface area contributed by atoms with E-state index in [2.05, 4.69) is 20.7 Å². The number of methoxy groups -OCH3 is 1. The fourth-order valence-corrected chi connectivity index (χ4v) is 5.25. The van der Waals surface area contributed by atoms with Gasteiger partial charge in [-0.1, -0.05) is 24.3 Å². The number of para-hydroxylation sites is 1. The second kappa shape index (κ2) is 9.17. The van der Waals surface area contributed by atoms with Gasteiger partial charge in [0.25, 0.3) is 5.91 Å². The SMILES string of the molecule is COc1cc(-c2csc3c(CCCO)cnc(N)c23)ccc1NC(=O)c1cc2ccccc2[nH]1. The van der Waals surface area contributed by atoms with E-state index >= 15 is 0 Å². The van der Waals surface area contributed by atoms with Crippen molar-refractivity contribution in [2.45, 2.75) is 12.8 Å². The van der Waals surface area contributed by atoms with Crippen molar-refractivity contribution in [3.63, 3.8) is 0 Å². The number of aryl methyl sites for hydroxylation is 1. The maximum Gasteiger partial charge on any atom is 0.272 e. The first kappa shape index (κ1) is 21.9. The number of aliphatic hydroxyl groups excluding tert-OH is 1. The number of nitrogen functional groups attached to an aromatic ring is 1. The molecule has 0 aliphatic rings. The van der Waals surface area contributed by atoms with E-state index in [1.165, 1.54) is 0 Å². The van der Waals surface area contributed by atoms with E-state index in [1.54, 1.807) is 24.6 Å². The zero-order valence-electron chi connectivity index (χ0n) is 18.6. The number of pyridine rings is 1. The predicted molar refractivity (Wildman–Crippen MR) is 138 cm³/mol. The van der Waals surface area contributed by atoms with E-state index in [1.807, 2.05) is 48.5 Å². The minimum atomic E-state index is -0.245. The Labute approximate surface area is 200 Å². The van der Waals surface area contributed by atoms with Crippen LogP contribution in [0.1, 0.15) is 22.5 Å². The van der Waals surface area contributed by atoms with Crippen LogP contribution in [0.25, 0.3) is 32.1 Å². The molecule has 5 rings (SSSR count). The summed E-state index contributed by atoms with van der Waals surface area (Å²) in [6.07, 6.45) is 3.20. The number of carbonyl (C=O) groups is 1. The molecule has 0 fully saturated rings. The third-order valence-corrected chi connectivity index (χ3v) is 6.89. The molecule has 0 saturated carbocycles. The molecule has 0 bridgehead atoms. The Balaban J connectivity index is 1.47. The topological polar surface area (TPSA) is 113 Å². The molecule has 1 amide bonds. The van der Waals surface area contributed by atoms with Crippen LogP contribution in [0.15, 0.2) is 60.1 Å². The second-order valence-electron chi connectivity index (χ2n) is 7.99. The number of ether oxygens (including phenoxy) is 1. The number of nitrogens with two attached hydrogens (primary N) is 1. The second-order valence-corrected chi connectivity index (χ2v) is 8.87. The molecule has 0 unspecified atom stereocenters. The maximum absolute atomic E-state index is 12.9. The van der Waals surface area contributed by atoms with Crippen molar-refractivity contribution >= 4 is 49.7 Å². The first-order chi connectivity index (χ1) is 16.6. The zero-order chi connectivity index (χ0) is 23.7. The summed E-state index contributed by atoms with van der Waals surface area (Å²) in [6.45, 7) is 0.132. The Morgan fingerprint density at radius 2 is 2.09 bits per heavy atom. The van der Waals surface area contributed by atoms with Crippen LogP contribution in [0.4, 0.5) is 11.5 Å². The minimum Gasteiger partial charge on any atom is -0.495 e. The van der Waals surface area contributed by atoms with Gasteiger partial charge in [0.2, 0.25) is 0 Å². The number of H-pyrrole nitrogens is 1. The molecule has 0 saturated heterocycles. The number of hydrogen-bond acceptors (Lipinski definition) is 6.